The monoisotopic (exact) mass is 436 g/mol. The van der Waals surface area contributed by atoms with E-state index in [1.165, 1.54) is 16.8 Å². The Kier molecular flexibility index (Phi) is 6.66. The van der Waals surface area contributed by atoms with Crippen LogP contribution in [0.4, 0.5) is 0 Å². The van der Waals surface area contributed by atoms with E-state index in [-0.39, 0.29) is 11.2 Å². The molecule has 1 heterocycles. The van der Waals surface area contributed by atoms with Crippen molar-refractivity contribution in [1.82, 2.24) is 10.4 Å². The highest BCUT2D eigenvalue weighted by Crippen LogP contribution is 2.34. The van der Waals surface area contributed by atoms with Gasteiger partial charge in [0.05, 0.1) is 5.70 Å². The molecule has 4 rings (SSSR count). The minimum Gasteiger partial charge on any atom is -0.508 e. The summed E-state index contributed by atoms with van der Waals surface area (Å²) < 4.78 is 11.6. The normalized spacial score (nSPS) is 15.6. The number of phenolic OH excluding ortho intramolecular Hbond substituents is 1. The molecule has 0 spiro atoms. The molecule has 3 N–H and O–H groups in total. The molecule has 0 aliphatic carbocycles. The van der Waals surface area contributed by atoms with E-state index >= 15 is 0 Å². The third kappa shape index (κ3) is 5.32. The van der Waals surface area contributed by atoms with Crippen molar-refractivity contribution in [3.8, 4) is 17.2 Å². The van der Waals surface area contributed by atoms with E-state index in [0.717, 1.165) is 28.1 Å². The summed E-state index contributed by atoms with van der Waals surface area (Å²) >= 11 is 1.52. The van der Waals surface area contributed by atoms with Crippen molar-refractivity contribution in [3.63, 3.8) is 0 Å². The standard InChI is InChI=1S/C24H24N2O4S/c1-25-24-26(28)23(16-31-24)19-6-10-21(11-7-19)29-14-17-2-4-18(5-3-17)15-30-22-12-8-20(27)9-13-22/h2-13,16,24-25,27-28H,14-15H2,1H3. The lowest BCUT2D eigenvalue weighted by Crippen LogP contribution is -2.34. The van der Waals surface area contributed by atoms with Crippen LogP contribution in [0, 0.1) is 0 Å². The van der Waals surface area contributed by atoms with Crippen LogP contribution in [0.5, 0.6) is 17.2 Å². The predicted molar refractivity (Wildman–Crippen MR) is 122 cm³/mol. The number of hydrogen-bond donors (Lipinski definition) is 3. The third-order valence-electron chi connectivity index (χ3n) is 4.85. The highest BCUT2D eigenvalue weighted by atomic mass is 32.2. The van der Waals surface area contributed by atoms with Gasteiger partial charge in [-0.05, 0) is 66.7 Å². The summed E-state index contributed by atoms with van der Waals surface area (Å²) in [5.74, 6) is 1.70. The Morgan fingerprint density at radius 1 is 0.839 bits per heavy atom. The topological polar surface area (TPSA) is 74.2 Å². The van der Waals surface area contributed by atoms with Crippen LogP contribution in [0.15, 0.2) is 78.2 Å². The number of rotatable bonds is 8. The van der Waals surface area contributed by atoms with Crippen LogP contribution in [-0.2, 0) is 13.2 Å². The zero-order valence-electron chi connectivity index (χ0n) is 17.1. The van der Waals surface area contributed by atoms with Crippen molar-refractivity contribution in [2.45, 2.75) is 18.7 Å². The van der Waals surface area contributed by atoms with Crippen molar-refractivity contribution in [2.24, 2.45) is 0 Å². The number of hydrogen-bond acceptors (Lipinski definition) is 7. The smallest absolute Gasteiger partial charge is 0.156 e. The molecule has 1 unspecified atom stereocenters. The Bertz CT molecular complexity index is 1020. The quantitative estimate of drug-likeness (QED) is 0.469. The summed E-state index contributed by atoms with van der Waals surface area (Å²) in [6, 6.07) is 22.4. The Morgan fingerprint density at radius 2 is 1.35 bits per heavy atom. The summed E-state index contributed by atoms with van der Waals surface area (Å²) in [5.41, 5.74) is 3.64. The maximum absolute atomic E-state index is 10.2. The van der Waals surface area contributed by atoms with E-state index in [9.17, 15) is 10.3 Å². The number of aromatic hydroxyl groups is 1. The van der Waals surface area contributed by atoms with E-state index in [4.69, 9.17) is 9.47 Å². The van der Waals surface area contributed by atoms with Gasteiger partial charge in [0.25, 0.3) is 0 Å². The van der Waals surface area contributed by atoms with Crippen LogP contribution in [0.25, 0.3) is 5.70 Å². The minimum atomic E-state index is -0.166. The molecule has 0 aromatic heterocycles. The number of thioether (sulfide) groups is 1. The molecule has 31 heavy (non-hydrogen) atoms. The molecule has 0 amide bonds. The molecule has 3 aromatic rings. The van der Waals surface area contributed by atoms with Crippen LogP contribution >= 0.6 is 11.8 Å². The van der Waals surface area contributed by atoms with Crippen LogP contribution in [0.2, 0.25) is 0 Å². The summed E-state index contributed by atoms with van der Waals surface area (Å²) in [6.07, 6.45) is 0. The summed E-state index contributed by atoms with van der Waals surface area (Å²) in [4.78, 5) is 0. The van der Waals surface area contributed by atoms with Gasteiger partial charge >= 0.3 is 0 Å². The largest absolute Gasteiger partial charge is 0.508 e. The molecule has 0 bridgehead atoms. The predicted octanol–water partition coefficient (Wildman–Crippen LogP) is 4.79. The van der Waals surface area contributed by atoms with Gasteiger partial charge in [0.15, 0.2) is 5.50 Å². The lowest BCUT2D eigenvalue weighted by Gasteiger charge is -2.21. The number of phenols is 1. The molecule has 160 valence electrons. The molecule has 6 nitrogen and oxygen atoms in total. The number of ether oxygens (including phenoxy) is 2. The van der Waals surface area contributed by atoms with Gasteiger partial charge < -0.3 is 14.6 Å². The zero-order valence-corrected chi connectivity index (χ0v) is 17.9. The van der Waals surface area contributed by atoms with Gasteiger partial charge in [-0.15, -0.1) is 0 Å². The van der Waals surface area contributed by atoms with Crippen molar-refractivity contribution < 1.29 is 19.8 Å². The fourth-order valence-electron chi connectivity index (χ4n) is 3.09. The number of hydroxylamine groups is 2. The highest BCUT2D eigenvalue weighted by molar-refractivity contribution is 8.03. The SMILES string of the molecule is CNC1SC=C(c2ccc(OCc3ccc(COc4ccc(O)cc4)cc3)cc2)N1O. The first kappa shape index (κ1) is 21.1. The van der Waals surface area contributed by atoms with Crippen LogP contribution < -0.4 is 14.8 Å². The Hall–Kier alpha value is -3.13. The Morgan fingerprint density at radius 3 is 1.84 bits per heavy atom. The van der Waals surface area contributed by atoms with Crippen LogP contribution in [0.3, 0.4) is 0 Å². The number of nitrogens with zero attached hydrogens (tertiary/aromatic N) is 1. The second-order valence-corrected chi connectivity index (χ2v) is 7.99. The van der Waals surface area contributed by atoms with Crippen molar-refractivity contribution >= 4 is 17.5 Å². The van der Waals surface area contributed by atoms with Crippen molar-refractivity contribution in [3.05, 3.63) is 94.9 Å². The van der Waals surface area contributed by atoms with E-state index < -0.39 is 0 Å². The lowest BCUT2D eigenvalue weighted by molar-refractivity contribution is -0.0419. The fraction of sp³-hybridized carbons (Fsp3) is 0.167. The third-order valence-corrected chi connectivity index (χ3v) is 5.90. The Labute approximate surface area is 185 Å². The van der Waals surface area contributed by atoms with Gasteiger partial charge in [-0.25, -0.2) is 5.06 Å². The summed E-state index contributed by atoms with van der Waals surface area (Å²) in [5, 5.41) is 25.7. The second-order valence-electron chi connectivity index (χ2n) is 7.04. The highest BCUT2D eigenvalue weighted by Gasteiger charge is 2.24. The first-order valence-corrected chi connectivity index (χ1v) is 10.8. The molecule has 1 aliphatic heterocycles. The van der Waals surface area contributed by atoms with Crippen molar-refractivity contribution in [2.75, 3.05) is 7.05 Å². The molecule has 1 atom stereocenters. The molecule has 0 saturated heterocycles. The molecule has 1 aliphatic rings. The zero-order chi connectivity index (χ0) is 21.6. The van der Waals surface area contributed by atoms with Gasteiger partial charge in [-0.3, -0.25) is 10.5 Å². The van der Waals surface area contributed by atoms with E-state index in [0.29, 0.717) is 19.0 Å². The van der Waals surface area contributed by atoms with E-state index in [1.807, 2.05) is 61.0 Å². The fourth-order valence-corrected chi connectivity index (χ4v) is 3.95. The average molecular weight is 437 g/mol. The van der Waals surface area contributed by atoms with E-state index in [2.05, 4.69) is 5.32 Å². The van der Waals surface area contributed by atoms with Gasteiger partial charge in [0.1, 0.15) is 30.5 Å². The molecule has 0 fully saturated rings. The number of nitrogens with one attached hydrogen (secondary N) is 1. The van der Waals surface area contributed by atoms with Crippen molar-refractivity contribution in [1.29, 1.82) is 0 Å². The molecular formula is C24H24N2O4S. The van der Waals surface area contributed by atoms with E-state index in [1.54, 1.807) is 24.3 Å². The van der Waals surface area contributed by atoms with Crippen LogP contribution in [-0.4, -0.2) is 27.9 Å². The first-order chi connectivity index (χ1) is 15.1. The molecular weight excluding hydrogens is 412 g/mol. The molecule has 0 saturated carbocycles. The maximum atomic E-state index is 10.2. The number of benzene rings is 3. The second kappa shape index (κ2) is 9.78. The van der Waals surface area contributed by atoms with Gasteiger partial charge in [0, 0.05) is 11.0 Å². The lowest BCUT2D eigenvalue weighted by atomic mass is 10.1. The molecule has 7 heteroatoms. The molecule has 0 radical (unpaired) electrons. The minimum absolute atomic E-state index is 0.166. The van der Waals surface area contributed by atoms with Gasteiger partial charge in [-0.2, -0.15) is 0 Å². The average Bonchev–Trinajstić information content (AvgIpc) is 3.18. The summed E-state index contributed by atoms with van der Waals surface area (Å²) in [7, 11) is 1.81. The Balaban J connectivity index is 1.28. The molecule has 3 aromatic carbocycles. The first-order valence-electron chi connectivity index (χ1n) is 9.86. The van der Waals surface area contributed by atoms with Crippen LogP contribution in [0.1, 0.15) is 16.7 Å². The summed E-state index contributed by atoms with van der Waals surface area (Å²) in [6.45, 7) is 0.919. The van der Waals surface area contributed by atoms with Gasteiger partial charge in [-0.1, -0.05) is 36.0 Å². The maximum Gasteiger partial charge on any atom is 0.156 e. The van der Waals surface area contributed by atoms with Gasteiger partial charge in [0.2, 0.25) is 0 Å².